The minimum atomic E-state index is -0.504. The van der Waals surface area contributed by atoms with Gasteiger partial charge in [0, 0.05) is 11.1 Å². The van der Waals surface area contributed by atoms with Crippen molar-refractivity contribution in [3.63, 3.8) is 0 Å². The quantitative estimate of drug-likeness (QED) is 0.378. The van der Waals surface area contributed by atoms with Gasteiger partial charge in [-0.2, -0.15) is 0 Å². The number of amides is 1. The van der Waals surface area contributed by atoms with Crippen molar-refractivity contribution in [2.45, 2.75) is 13.8 Å². The minimum absolute atomic E-state index is 0.121. The Kier molecular flexibility index (Phi) is 5.84. The van der Waals surface area contributed by atoms with Crippen LogP contribution in [0, 0.1) is 5.92 Å². The average Bonchev–Trinajstić information content (AvgIpc) is 2.62. The zero-order valence-electron chi connectivity index (χ0n) is 14.1. The topological polar surface area (TPSA) is 72.5 Å². The molecule has 0 radical (unpaired) electrons. The summed E-state index contributed by atoms with van der Waals surface area (Å²) in [7, 11) is 0. The predicted molar refractivity (Wildman–Crippen MR) is 95.6 cm³/mol. The van der Waals surface area contributed by atoms with Crippen molar-refractivity contribution in [2.75, 3.05) is 5.32 Å². The predicted octanol–water partition coefficient (Wildman–Crippen LogP) is 3.60. The summed E-state index contributed by atoms with van der Waals surface area (Å²) in [5.74, 6) is -1.48. The van der Waals surface area contributed by atoms with Crippen LogP contribution in [0.15, 0.2) is 61.2 Å². The van der Waals surface area contributed by atoms with Crippen LogP contribution < -0.4 is 10.1 Å². The molecular formula is C20H19NO4. The number of hydrogen-bond donors (Lipinski definition) is 1. The van der Waals surface area contributed by atoms with Crippen LogP contribution in [0.1, 0.15) is 29.8 Å². The molecule has 0 aliphatic heterocycles. The molecule has 0 aromatic heterocycles. The van der Waals surface area contributed by atoms with E-state index < -0.39 is 11.9 Å². The first-order chi connectivity index (χ1) is 11.9. The van der Waals surface area contributed by atoms with E-state index >= 15 is 0 Å². The first-order valence-corrected chi connectivity index (χ1v) is 7.82. The van der Waals surface area contributed by atoms with Crippen molar-refractivity contribution >= 4 is 23.3 Å². The first-order valence-electron chi connectivity index (χ1n) is 7.82. The van der Waals surface area contributed by atoms with Gasteiger partial charge in [0.2, 0.25) is 5.91 Å². The fourth-order valence-corrected chi connectivity index (χ4v) is 2.08. The van der Waals surface area contributed by atoms with E-state index in [1.54, 1.807) is 56.3 Å². The molecular weight excluding hydrogens is 318 g/mol. The Morgan fingerprint density at radius 3 is 2.32 bits per heavy atom. The standard InChI is InChI=1S/C20H19NO4/c1-4-17(22)21-18-15(19(23)14-9-6-5-7-10-14)11-8-12-16(18)25-20(24)13(2)3/h4-13H,1H2,2-3H3,(H,21,22). The number of esters is 1. The molecule has 0 saturated heterocycles. The van der Waals surface area contributed by atoms with E-state index in [-0.39, 0.29) is 28.7 Å². The Morgan fingerprint density at radius 1 is 1.04 bits per heavy atom. The molecule has 1 N–H and O–H groups in total. The zero-order chi connectivity index (χ0) is 18.4. The van der Waals surface area contributed by atoms with Crippen molar-refractivity contribution in [1.82, 2.24) is 0 Å². The normalized spacial score (nSPS) is 10.2. The smallest absolute Gasteiger partial charge is 0.313 e. The van der Waals surface area contributed by atoms with Crippen molar-refractivity contribution < 1.29 is 19.1 Å². The number of benzene rings is 2. The number of para-hydroxylation sites is 1. The van der Waals surface area contributed by atoms with E-state index in [1.165, 1.54) is 6.07 Å². The Labute approximate surface area is 146 Å². The van der Waals surface area contributed by atoms with Gasteiger partial charge in [-0.15, -0.1) is 0 Å². The number of hydrogen-bond acceptors (Lipinski definition) is 4. The van der Waals surface area contributed by atoms with Gasteiger partial charge in [0.05, 0.1) is 11.6 Å². The van der Waals surface area contributed by atoms with Crippen LogP contribution in [0.25, 0.3) is 0 Å². The van der Waals surface area contributed by atoms with Crippen LogP contribution in [0.2, 0.25) is 0 Å². The zero-order valence-corrected chi connectivity index (χ0v) is 14.1. The van der Waals surface area contributed by atoms with Crippen LogP contribution in [0.4, 0.5) is 5.69 Å². The summed E-state index contributed by atoms with van der Waals surface area (Å²) in [6.45, 7) is 6.80. The lowest BCUT2D eigenvalue weighted by Crippen LogP contribution is -2.18. The van der Waals surface area contributed by atoms with Crippen molar-refractivity contribution in [3.8, 4) is 5.75 Å². The second-order valence-electron chi connectivity index (χ2n) is 5.64. The fraction of sp³-hybridized carbons (Fsp3) is 0.150. The molecule has 0 fully saturated rings. The molecule has 5 nitrogen and oxygen atoms in total. The maximum absolute atomic E-state index is 12.8. The van der Waals surface area contributed by atoms with Gasteiger partial charge in [-0.25, -0.2) is 0 Å². The van der Waals surface area contributed by atoms with Gasteiger partial charge in [0.15, 0.2) is 11.5 Å². The average molecular weight is 337 g/mol. The molecule has 0 aliphatic carbocycles. The van der Waals surface area contributed by atoms with Gasteiger partial charge in [0.1, 0.15) is 0 Å². The highest BCUT2D eigenvalue weighted by atomic mass is 16.5. The number of anilines is 1. The third-order valence-electron chi connectivity index (χ3n) is 3.42. The van der Waals surface area contributed by atoms with Crippen LogP contribution in [-0.4, -0.2) is 17.7 Å². The van der Waals surface area contributed by atoms with Gasteiger partial charge >= 0.3 is 5.97 Å². The van der Waals surface area contributed by atoms with E-state index in [2.05, 4.69) is 11.9 Å². The van der Waals surface area contributed by atoms with Gasteiger partial charge in [-0.05, 0) is 18.2 Å². The molecule has 2 aromatic carbocycles. The Balaban J connectivity index is 2.51. The molecule has 0 spiro atoms. The number of carbonyl (C=O) groups excluding carboxylic acids is 3. The summed E-state index contributed by atoms with van der Waals surface area (Å²) >= 11 is 0. The largest absolute Gasteiger partial charge is 0.424 e. The summed E-state index contributed by atoms with van der Waals surface area (Å²) in [5, 5.41) is 2.57. The molecule has 0 atom stereocenters. The monoisotopic (exact) mass is 337 g/mol. The first kappa shape index (κ1) is 18.1. The minimum Gasteiger partial charge on any atom is -0.424 e. The highest BCUT2D eigenvalue weighted by Gasteiger charge is 2.21. The molecule has 2 aromatic rings. The third kappa shape index (κ3) is 4.41. The van der Waals surface area contributed by atoms with Crippen molar-refractivity contribution in [1.29, 1.82) is 0 Å². The second-order valence-corrected chi connectivity index (χ2v) is 5.64. The Hall–Kier alpha value is -3.21. The van der Waals surface area contributed by atoms with Gasteiger partial charge in [-0.1, -0.05) is 56.8 Å². The highest BCUT2D eigenvalue weighted by Crippen LogP contribution is 2.31. The van der Waals surface area contributed by atoms with Crippen LogP contribution in [0.5, 0.6) is 5.75 Å². The lowest BCUT2D eigenvalue weighted by atomic mass is 10.0. The highest BCUT2D eigenvalue weighted by molar-refractivity contribution is 6.15. The molecule has 0 saturated carbocycles. The maximum atomic E-state index is 12.8. The van der Waals surface area contributed by atoms with Crippen molar-refractivity contribution in [3.05, 3.63) is 72.3 Å². The third-order valence-corrected chi connectivity index (χ3v) is 3.42. The SMILES string of the molecule is C=CC(=O)Nc1c(OC(=O)C(C)C)cccc1C(=O)c1ccccc1. The molecule has 0 bridgehead atoms. The molecule has 128 valence electrons. The van der Waals surface area contributed by atoms with E-state index in [0.29, 0.717) is 5.56 Å². The lowest BCUT2D eigenvalue weighted by molar-refractivity contribution is -0.137. The van der Waals surface area contributed by atoms with Crippen LogP contribution in [0.3, 0.4) is 0 Å². The van der Waals surface area contributed by atoms with E-state index in [9.17, 15) is 14.4 Å². The van der Waals surface area contributed by atoms with Gasteiger partial charge in [-0.3, -0.25) is 14.4 Å². The van der Waals surface area contributed by atoms with E-state index in [0.717, 1.165) is 6.08 Å². The Morgan fingerprint density at radius 2 is 1.72 bits per heavy atom. The molecule has 0 unspecified atom stereocenters. The van der Waals surface area contributed by atoms with Crippen molar-refractivity contribution in [2.24, 2.45) is 5.92 Å². The number of ketones is 1. The second kappa shape index (κ2) is 8.06. The van der Waals surface area contributed by atoms with Gasteiger partial charge in [0.25, 0.3) is 0 Å². The summed E-state index contributed by atoms with van der Waals surface area (Å²) in [5.41, 5.74) is 0.842. The molecule has 1 amide bonds. The molecule has 25 heavy (non-hydrogen) atoms. The fourth-order valence-electron chi connectivity index (χ4n) is 2.08. The number of carbonyl (C=O) groups is 3. The number of rotatable bonds is 6. The lowest BCUT2D eigenvalue weighted by Gasteiger charge is -2.15. The molecule has 2 rings (SSSR count). The van der Waals surface area contributed by atoms with Gasteiger partial charge < -0.3 is 10.1 Å². The summed E-state index contributed by atoms with van der Waals surface area (Å²) < 4.78 is 5.34. The molecule has 0 heterocycles. The summed E-state index contributed by atoms with van der Waals surface area (Å²) in [6.07, 6.45) is 1.08. The Bertz CT molecular complexity index is 810. The van der Waals surface area contributed by atoms with E-state index in [4.69, 9.17) is 4.74 Å². The van der Waals surface area contributed by atoms with Crippen LogP contribution in [-0.2, 0) is 9.59 Å². The van der Waals surface area contributed by atoms with E-state index in [1.807, 2.05) is 0 Å². The van der Waals surface area contributed by atoms with Crippen LogP contribution >= 0.6 is 0 Å². The number of ether oxygens (including phenoxy) is 1. The maximum Gasteiger partial charge on any atom is 0.313 e. The molecule has 5 heteroatoms. The number of nitrogens with one attached hydrogen (secondary N) is 1. The summed E-state index contributed by atoms with van der Waals surface area (Å²) in [6, 6.07) is 13.3. The molecule has 0 aliphatic rings. The summed E-state index contributed by atoms with van der Waals surface area (Å²) in [4.78, 5) is 36.5.